The highest BCUT2D eigenvalue weighted by Crippen LogP contribution is 2.37. The highest BCUT2D eigenvalue weighted by atomic mass is 32.2. The van der Waals surface area contributed by atoms with Crippen LogP contribution in [0.15, 0.2) is 42.9 Å². The number of anilines is 1. The number of aliphatic hydroxyl groups is 1. The number of rotatable bonds is 10. The number of hydrogen-bond acceptors (Lipinski definition) is 10. The Kier molecular flexibility index (Phi) is 7.40. The van der Waals surface area contributed by atoms with Gasteiger partial charge in [-0.05, 0) is 44.5 Å². The molecule has 3 aromatic heterocycles. The summed E-state index contributed by atoms with van der Waals surface area (Å²) >= 11 is 0. The molecule has 0 amide bonds. The van der Waals surface area contributed by atoms with Crippen molar-refractivity contribution in [2.45, 2.75) is 38.7 Å². The van der Waals surface area contributed by atoms with Gasteiger partial charge in [-0.15, -0.1) is 10.2 Å². The first-order valence-corrected chi connectivity index (χ1v) is 12.9. The van der Waals surface area contributed by atoms with E-state index in [1.54, 1.807) is 42.1 Å². The lowest BCUT2D eigenvalue weighted by atomic mass is 10.2. The van der Waals surface area contributed by atoms with Crippen molar-refractivity contribution in [1.29, 1.82) is 0 Å². The number of methoxy groups -OCH3 is 2. The number of benzene rings is 1. The van der Waals surface area contributed by atoms with E-state index in [1.165, 1.54) is 38.1 Å². The van der Waals surface area contributed by atoms with Gasteiger partial charge < -0.3 is 14.6 Å². The second-order valence-electron chi connectivity index (χ2n) is 8.17. The van der Waals surface area contributed by atoms with Crippen molar-refractivity contribution in [2.24, 2.45) is 0 Å². The van der Waals surface area contributed by atoms with Crippen LogP contribution in [0.4, 0.5) is 5.95 Å². The largest absolute Gasteiger partial charge is 0.494 e. The minimum absolute atomic E-state index is 0.0119. The van der Waals surface area contributed by atoms with E-state index in [9.17, 15) is 13.5 Å². The molecule has 2 N–H and O–H groups in total. The first-order chi connectivity index (χ1) is 17.7. The van der Waals surface area contributed by atoms with Gasteiger partial charge >= 0.3 is 0 Å². The van der Waals surface area contributed by atoms with Crippen LogP contribution in [-0.2, 0) is 16.6 Å². The van der Waals surface area contributed by atoms with Gasteiger partial charge in [0.2, 0.25) is 16.0 Å². The van der Waals surface area contributed by atoms with Crippen molar-refractivity contribution in [3.8, 4) is 28.7 Å². The van der Waals surface area contributed by atoms with Crippen molar-refractivity contribution in [3.05, 3.63) is 54.2 Å². The van der Waals surface area contributed by atoms with Crippen molar-refractivity contribution < 1.29 is 23.0 Å². The molecular formula is C23H28N8O5S. The average Bonchev–Trinajstić information content (AvgIpc) is 3.54. The number of hydrogen-bond donors (Lipinski definition) is 2. The van der Waals surface area contributed by atoms with E-state index in [0.717, 1.165) is 5.56 Å². The van der Waals surface area contributed by atoms with Crippen molar-refractivity contribution >= 4 is 16.0 Å². The third-order valence-corrected chi connectivity index (χ3v) is 7.42. The van der Waals surface area contributed by atoms with E-state index in [4.69, 9.17) is 9.47 Å². The number of para-hydroxylation sites is 1. The molecule has 14 heteroatoms. The van der Waals surface area contributed by atoms with Crippen LogP contribution < -0.4 is 14.2 Å². The number of aryl methyl sites for hydroxylation is 2. The van der Waals surface area contributed by atoms with E-state index in [2.05, 4.69) is 30.0 Å². The molecule has 0 aliphatic carbocycles. The Bertz CT molecular complexity index is 1460. The van der Waals surface area contributed by atoms with Crippen LogP contribution in [0.3, 0.4) is 0 Å². The molecule has 0 saturated carbocycles. The maximum atomic E-state index is 13.4. The van der Waals surface area contributed by atoms with E-state index in [0.29, 0.717) is 29.4 Å². The minimum Gasteiger partial charge on any atom is -0.494 e. The molecule has 0 spiro atoms. The molecule has 0 aliphatic rings. The predicted molar refractivity (Wildman–Crippen MR) is 135 cm³/mol. The maximum absolute atomic E-state index is 13.4. The van der Waals surface area contributed by atoms with Crippen LogP contribution in [0.2, 0.25) is 0 Å². The molecule has 13 nitrogen and oxygen atoms in total. The summed E-state index contributed by atoms with van der Waals surface area (Å²) in [5.41, 5.74) is 1.60. The van der Waals surface area contributed by atoms with Gasteiger partial charge in [-0.1, -0.05) is 6.07 Å². The Morgan fingerprint density at radius 1 is 1.08 bits per heavy atom. The summed E-state index contributed by atoms with van der Waals surface area (Å²) in [6.45, 7) is 5.71. The second-order valence-corrected chi connectivity index (χ2v) is 10.2. The van der Waals surface area contributed by atoms with Crippen LogP contribution in [0, 0.1) is 6.92 Å². The molecular weight excluding hydrogens is 500 g/mol. The number of aromatic nitrogens is 7. The highest BCUT2D eigenvalue weighted by Gasteiger charge is 2.34. The second kappa shape index (κ2) is 10.5. The highest BCUT2D eigenvalue weighted by molar-refractivity contribution is 7.93. The summed E-state index contributed by atoms with van der Waals surface area (Å²) < 4.78 is 43.5. The molecule has 0 fully saturated rings. The minimum atomic E-state index is -4.22. The molecule has 1 aromatic carbocycles. The summed E-state index contributed by atoms with van der Waals surface area (Å²) in [7, 11) is -1.25. The number of aliphatic hydroxyl groups excluding tert-OH is 1. The van der Waals surface area contributed by atoms with E-state index in [-0.39, 0.29) is 17.6 Å². The van der Waals surface area contributed by atoms with Crippen molar-refractivity contribution in [2.75, 3.05) is 18.9 Å². The third kappa shape index (κ3) is 5.11. The normalized spacial score (nSPS) is 13.2. The van der Waals surface area contributed by atoms with E-state index >= 15 is 0 Å². The first kappa shape index (κ1) is 26.0. The zero-order valence-electron chi connectivity index (χ0n) is 21.0. The van der Waals surface area contributed by atoms with Gasteiger partial charge in [0, 0.05) is 25.1 Å². The van der Waals surface area contributed by atoms with Crippen LogP contribution in [0.1, 0.15) is 31.3 Å². The summed E-state index contributed by atoms with van der Waals surface area (Å²) in [5, 5.41) is 22.2. The molecule has 0 bridgehead atoms. The summed E-state index contributed by atoms with van der Waals surface area (Å²) in [6.07, 6.45) is 3.29. The topological polar surface area (TPSA) is 159 Å². The number of nitrogens with one attached hydrogen (secondary N) is 1. The molecule has 3 heterocycles. The molecule has 1 unspecified atom stereocenters. The Morgan fingerprint density at radius 2 is 1.73 bits per heavy atom. The number of nitrogens with zero attached hydrogens (tertiary/aromatic N) is 7. The van der Waals surface area contributed by atoms with E-state index < -0.39 is 21.4 Å². The standard InChI is InChI=1S/C23H28N8O5S/c1-6-30-11-10-16(28-30)22-26-27-23(31(22)19-17(35-4)8-7-9-18(19)36-5)29-37(33,34)15(3)20(32)21-24-12-14(2)13-25-21/h7-13,15,20,32H,6H2,1-5H3,(H,27,29)/t15?,20-/m0/s1. The average molecular weight is 529 g/mol. The van der Waals surface area contributed by atoms with Crippen molar-refractivity contribution in [3.63, 3.8) is 0 Å². The summed E-state index contributed by atoms with van der Waals surface area (Å²) in [6, 6.07) is 6.88. The van der Waals surface area contributed by atoms with Crippen LogP contribution in [0.25, 0.3) is 17.2 Å². The SMILES string of the molecule is CCn1ccc(-c2nnc(NS(=O)(=O)C(C)[C@H](O)c3ncc(C)cn3)n2-c2c(OC)cccc2OC)n1. The quantitative estimate of drug-likeness (QED) is 0.312. The van der Waals surface area contributed by atoms with Gasteiger partial charge in [-0.3, -0.25) is 14.0 Å². The van der Waals surface area contributed by atoms with Gasteiger partial charge in [0.15, 0.2) is 11.6 Å². The lowest BCUT2D eigenvalue weighted by molar-refractivity contribution is 0.166. The van der Waals surface area contributed by atoms with Gasteiger partial charge in [-0.25, -0.2) is 18.4 Å². The number of ether oxygens (including phenoxy) is 2. The summed E-state index contributed by atoms with van der Waals surface area (Å²) in [5.74, 6) is 0.867. The lowest BCUT2D eigenvalue weighted by Gasteiger charge is -2.20. The van der Waals surface area contributed by atoms with Crippen LogP contribution >= 0.6 is 0 Å². The fourth-order valence-corrected chi connectivity index (χ4v) is 4.63. The Morgan fingerprint density at radius 3 is 2.30 bits per heavy atom. The zero-order valence-corrected chi connectivity index (χ0v) is 21.8. The fraction of sp³-hybridized carbons (Fsp3) is 0.348. The predicted octanol–water partition coefficient (Wildman–Crippen LogP) is 2.13. The molecule has 2 atom stereocenters. The Balaban J connectivity index is 1.82. The maximum Gasteiger partial charge on any atom is 0.243 e. The lowest BCUT2D eigenvalue weighted by Crippen LogP contribution is -2.32. The van der Waals surface area contributed by atoms with Crippen LogP contribution in [0.5, 0.6) is 11.5 Å². The molecule has 196 valence electrons. The summed E-state index contributed by atoms with van der Waals surface area (Å²) in [4.78, 5) is 8.11. The van der Waals surface area contributed by atoms with Gasteiger partial charge in [0.05, 0.1) is 14.2 Å². The Labute approximate surface area is 214 Å². The molecule has 37 heavy (non-hydrogen) atoms. The smallest absolute Gasteiger partial charge is 0.243 e. The van der Waals surface area contributed by atoms with Gasteiger partial charge in [0.1, 0.15) is 34.2 Å². The van der Waals surface area contributed by atoms with Crippen LogP contribution in [-0.4, -0.2) is 67.5 Å². The monoisotopic (exact) mass is 528 g/mol. The molecule has 4 rings (SSSR count). The van der Waals surface area contributed by atoms with Crippen molar-refractivity contribution in [1.82, 2.24) is 34.5 Å². The molecule has 4 aromatic rings. The molecule has 0 saturated heterocycles. The zero-order chi connectivity index (χ0) is 26.7. The number of sulfonamides is 1. The third-order valence-electron chi connectivity index (χ3n) is 5.72. The molecule has 0 radical (unpaired) electrons. The Hall–Kier alpha value is -4.04. The molecule has 0 aliphatic heterocycles. The first-order valence-electron chi connectivity index (χ1n) is 11.4. The van der Waals surface area contributed by atoms with Gasteiger partial charge in [-0.2, -0.15) is 5.10 Å². The van der Waals surface area contributed by atoms with Gasteiger partial charge in [0.25, 0.3) is 0 Å². The fourth-order valence-electron chi connectivity index (χ4n) is 3.59. The van der Waals surface area contributed by atoms with E-state index in [1.807, 2.05) is 6.92 Å².